The van der Waals surface area contributed by atoms with E-state index >= 15 is 0 Å². The minimum atomic E-state index is -0.437. The van der Waals surface area contributed by atoms with Crippen molar-refractivity contribution >= 4 is 28.6 Å². The third kappa shape index (κ3) is 5.34. The predicted molar refractivity (Wildman–Crippen MR) is 136 cm³/mol. The average molecular weight is 462 g/mol. The summed E-state index contributed by atoms with van der Waals surface area (Å²) in [6.07, 6.45) is 1.66. The third-order valence-corrected chi connectivity index (χ3v) is 6.81. The van der Waals surface area contributed by atoms with Crippen molar-refractivity contribution in [2.24, 2.45) is 16.4 Å². The van der Waals surface area contributed by atoms with Crippen LogP contribution in [0.15, 0.2) is 82.6 Å². The summed E-state index contributed by atoms with van der Waals surface area (Å²) in [6, 6.07) is 21.9. The van der Waals surface area contributed by atoms with E-state index in [0.29, 0.717) is 6.54 Å². The quantitative estimate of drug-likeness (QED) is 0.428. The van der Waals surface area contributed by atoms with Gasteiger partial charge in [-0.1, -0.05) is 62.4 Å². The van der Waals surface area contributed by atoms with Crippen LogP contribution in [0.2, 0.25) is 0 Å². The maximum Gasteiger partial charge on any atom is 0.231 e. The van der Waals surface area contributed by atoms with Crippen LogP contribution >= 0.6 is 11.3 Å². The highest BCUT2D eigenvalue weighted by Crippen LogP contribution is 2.41. The molecular formula is C27H31N3O2S. The first-order valence-corrected chi connectivity index (χ1v) is 12.3. The van der Waals surface area contributed by atoms with E-state index in [-0.39, 0.29) is 24.0 Å². The molecule has 33 heavy (non-hydrogen) atoms. The lowest BCUT2D eigenvalue weighted by atomic mass is 9.86. The maximum absolute atomic E-state index is 13.6. The van der Waals surface area contributed by atoms with E-state index < -0.39 is 5.92 Å². The van der Waals surface area contributed by atoms with Crippen LogP contribution in [0.4, 0.5) is 5.69 Å². The van der Waals surface area contributed by atoms with E-state index in [0.717, 1.165) is 35.4 Å². The second-order valence-corrected chi connectivity index (χ2v) is 10.0. The molecule has 0 fully saturated rings. The van der Waals surface area contributed by atoms with Crippen molar-refractivity contribution in [2.45, 2.75) is 32.7 Å². The zero-order valence-electron chi connectivity index (χ0n) is 19.1. The van der Waals surface area contributed by atoms with Crippen molar-refractivity contribution in [3.8, 4) is 0 Å². The first-order chi connectivity index (χ1) is 16.0. The Balaban J connectivity index is 1.65. The normalized spacial score (nSPS) is 18.3. The van der Waals surface area contributed by atoms with Crippen molar-refractivity contribution in [1.29, 1.82) is 0 Å². The van der Waals surface area contributed by atoms with Crippen LogP contribution in [0.25, 0.3) is 0 Å². The fourth-order valence-corrected chi connectivity index (χ4v) is 4.88. The van der Waals surface area contributed by atoms with Crippen LogP contribution in [0.5, 0.6) is 0 Å². The highest BCUT2D eigenvalue weighted by Gasteiger charge is 2.44. The molecule has 0 saturated carbocycles. The molecule has 4 rings (SSSR count). The fraction of sp³-hybridized carbons (Fsp3) is 0.333. The van der Waals surface area contributed by atoms with E-state index in [9.17, 15) is 9.90 Å². The van der Waals surface area contributed by atoms with Crippen molar-refractivity contribution < 1.29 is 9.90 Å². The molecule has 2 unspecified atom stereocenters. The van der Waals surface area contributed by atoms with Crippen molar-refractivity contribution in [3.63, 3.8) is 0 Å². The summed E-state index contributed by atoms with van der Waals surface area (Å²) < 4.78 is 0. The van der Waals surface area contributed by atoms with Gasteiger partial charge in [0.15, 0.2) is 0 Å². The molecule has 0 bridgehead atoms. The number of aliphatic hydroxyl groups excluding tert-OH is 1. The summed E-state index contributed by atoms with van der Waals surface area (Å²) in [4.78, 5) is 13.6. The lowest BCUT2D eigenvalue weighted by molar-refractivity contribution is -0.123. The SMILES string of the molecule is CC(C)(CO)CCCNC(=O)C1C(c2ccccc2)=NN(c2ccccc2)C1c1ccsc1. The van der Waals surface area contributed by atoms with Gasteiger partial charge in [0.05, 0.1) is 17.4 Å². The van der Waals surface area contributed by atoms with Crippen LogP contribution in [0.3, 0.4) is 0 Å². The van der Waals surface area contributed by atoms with Crippen molar-refractivity contribution in [3.05, 3.63) is 88.6 Å². The lowest BCUT2D eigenvalue weighted by Gasteiger charge is -2.27. The van der Waals surface area contributed by atoms with Crippen molar-refractivity contribution in [1.82, 2.24) is 5.32 Å². The van der Waals surface area contributed by atoms with E-state index in [1.165, 1.54) is 0 Å². The number of thiophene rings is 1. The topological polar surface area (TPSA) is 64.9 Å². The van der Waals surface area contributed by atoms with E-state index in [1.807, 2.05) is 84.9 Å². The monoisotopic (exact) mass is 461 g/mol. The first kappa shape index (κ1) is 23.2. The van der Waals surface area contributed by atoms with Gasteiger partial charge in [-0.2, -0.15) is 16.4 Å². The van der Waals surface area contributed by atoms with Crippen LogP contribution in [0.1, 0.15) is 43.9 Å². The van der Waals surface area contributed by atoms with Crippen LogP contribution in [-0.4, -0.2) is 29.9 Å². The minimum absolute atomic E-state index is 0.0194. The highest BCUT2D eigenvalue weighted by molar-refractivity contribution is 7.08. The molecule has 6 heteroatoms. The Morgan fingerprint density at radius 2 is 1.79 bits per heavy atom. The molecule has 2 atom stereocenters. The van der Waals surface area contributed by atoms with Crippen molar-refractivity contribution in [2.75, 3.05) is 18.2 Å². The standard InChI is InChI=1S/C27H31N3O2S/c1-27(2,19-31)15-9-16-28-26(32)23-24(20-10-5-3-6-11-20)29-30(22-12-7-4-8-13-22)25(23)21-14-17-33-18-21/h3-8,10-14,17-18,23,25,31H,9,15-16,19H2,1-2H3,(H,28,32). The number of benzene rings is 2. The number of amides is 1. The molecule has 2 N–H and O–H groups in total. The van der Waals surface area contributed by atoms with E-state index in [2.05, 4.69) is 16.8 Å². The number of rotatable bonds is 9. The number of hydrogen-bond acceptors (Lipinski definition) is 5. The van der Waals surface area contributed by atoms with Crippen LogP contribution < -0.4 is 10.3 Å². The Bertz CT molecular complexity index is 1070. The maximum atomic E-state index is 13.6. The molecule has 0 aliphatic carbocycles. The molecule has 1 amide bonds. The van der Waals surface area contributed by atoms with Gasteiger partial charge in [-0.25, -0.2) is 0 Å². The Morgan fingerprint density at radius 1 is 1.09 bits per heavy atom. The Hall–Kier alpha value is -2.96. The summed E-state index contributed by atoms with van der Waals surface area (Å²) in [5.74, 6) is -0.456. The van der Waals surface area contributed by atoms with Crippen LogP contribution in [-0.2, 0) is 4.79 Å². The summed E-state index contributed by atoms with van der Waals surface area (Å²) in [5.41, 5.74) is 3.64. The lowest BCUT2D eigenvalue weighted by Crippen LogP contribution is -2.40. The molecule has 0 radical (unpaired) electrons. The molecule has 2 aromatic carbocycles. The fourth-order valence-electron chi connectivity index (χ4n) is 4.19. The second-order valence-electron chi connectivity index (χ2n) is 9.23. The zero-order valence-corrected chi connectivity index (χ0v) is 20.0. The number of nitrogens with zero attached hydrogens (tertiary/aromatic N) is 2. The van der Waals surface area contributed by atoms with Gasteiger partial charge >= 0.3 is 0 Å². The molecule has 1 aromatic heterocycles. The predicted octanol–water partition coefficient (Wildman–Crippen LogP) is 5.24. The minimum Gasteiger partial charge on any atom is -0.396 e. The van der Waals surface area contributed by atoms with Gasteiger partial charge in [-0.3, -0.25) is 9.80 Å². The van der Waals surface area contributed by atoms with Gasteiger partial charge in [-0.05, 0) is 58.3 Å². The molecular weight excluding hydrogens is 430 g/mol. The van der Waals surface area contributed by atoms with Gasteiger partial charge in [0.1, 0.15) is 5.92 Å². The third-order valence-electron chi connectivity index (χ3n) is 6.10. The largest absolute Gasteiger partial charge is 0.396 e. The Morgan fingerprint density at radius 3 is 2.42 bits per heavy atom. The molecule has 3 aromatic rings. The molecule has 0 saturated heterocycles. The first-order valence-electron chi connectivity index (χ1n) is 11.4. The van der Waals surface area contributed by atoms with Gasteiger partial charge in [0, 0.05) is 13.2 Å². The van der Waals surface area contributed by atoms with Gasteiger partial charge < -0.3 is 10.4 Å². The molecule has 0 spiro atoms. The molecule has 1 aliphatic rings. The number of aliphatic hydroxyl groups is 1. The molecule has 172 valence electrons. The van der Waals surface area contributed by atoms with Gasteiger partial charge in [0.25, 0.3) is 0 Å². The van der Waals surface area contributed by atoms with E-state index in [4.69, 9.17) is 5.10 Å². The molecule has 5 nitrogen and oxygen atoms in total. The number of para-hydroxylation sites is 1. The van der Waals surface area contributed by atoms with Gasteiger partial charge in [0.2, 0.25) is 5.91 Å². The number of carbonyl (C=O) groups excluding carboxylic acids is 1. The van der Waals surface area contributed by atoms with Crippen LogP contribution in [0, 0.1) is 11.3 Å². The number of nitrogens with one attached hydrogen (secondary N) is 1. The summed E-state index contributed by atoms with van der Waals surface area (Å²) >= 11 is 1.63. The molecule has 1 aliphatic heterocycles. The number of hydrogen-bond donors (Lipinski definition) is 2. The van der Waals surface area contributed by atoms with Gasteiger partial charge in [-0.15, -0.1) is 0 Å². The number of carbonyl (C=O) groups is 1. The average Bonchev–Trinajstić information content (AvgIpc) is 3.51. The Kier molecular flexibility index (Phi) is 7.26. The summed E-state index contributed by atoms with van der Waals surface area (Å²) in [7, 11) is 0. The molecule has 2 heterocycles. The Labute approximate surface area is 199 Å². The van der Waals surface area contributed by atoms with E-state index in [1.54, 1.807) is 11.3 Å². The second kappa shape index (κ2) is 10.3. The number of anilines is 1. The number of hydrazone groups is 1. The summed E-state index contributed by atoms with van der Waals surface area (Å²) in [6.45, 7) is 4.79. The highest BCUT2D eigenvalue weighted by atomic mass is 32.1. The summed E-state index contributed by atoms with van der Waals surface area (Å²) in [5, 5.41) is 23.8. The smallest absolute Gasteiger partial charge is 0.231 e. The zero-order chi connectivity index (χ0) is 23.3.